The summed E-state index contributed by atoms with van der Waals surface area (Å²) in [7, 11) is 2.05. The molecule has 2 aliphatic rings. The minimum Gasteiger partial charge on any atom is -0.409 e. The van der Waals surface area contributed by atoms with Crippen molar-refractivity contribution >= 4 is 11.7 Å². The van der Waals surface area contributed by atoms with Crippen molar-refractivity contribution in [1.82, 2.24) is 4.98 Å². The van der Waals surface area contributed by atoms with Crippen LogP contribution in [0.2, 0.25) is 0 Å². The Morgan fingerprint density at radius 2 is 2.20 bits per heavy atom. The van der Waals surface area contributed by atoms with Crippen LogP contribution in [0.25, 0.3) is 0 Å². The lowest BCUT2D eigenvalue weighted by molar-refractivity contribution is 0.318. The number of amidine groups is 1. The van der Waals surface area contributed by atoms with Crippen LogP contribution < -0.4 is 10.6 Å². The SMILES string of the molecule is CN(CC1CC1)c1nc2c(cc1C(N)=NO)CCCC2. The van der Waals surface area contributed by atoms with Gasteiger partial charge in [-0.2, -0.15) is 0 Å². The van der Waals surface area contributed by atoms with Gasteiger partial charge >= 0.3 is 0 Å². The molecule has 1 aromatic rings. The van der Waals surface area contributed by atoms with Gasteiger partial charge in [0.15, 0.2) is 5.84 Å². The van der Waals surface area contributed by atoms with Crippen LogP contribution in [0.5, 0.6) is 0 Å². The Morgan fingerprint density at radius 3 is 2.90 bits per heavy atom. The molecule has 0 saturated heterocycles. The molecule has 0 amide bonds. The molecule has 0 unspecified atom stereocenters. The summed E-state index contributed by atoms with van der Waals surface area (Å²) in [6, 6.07) is 2.06. The number of oxime groups is 1. The van der Waals surface area contributed by atoms with E-state index in [0.717, 1.165) is 36.7 Å². The van der Waals surface area contributed by atoms with E-state index in [1.165, 1.54) is 36.9 Å². The molecule has 2 aliphatic carbocycles. The number of rotatable bonds is 4. The van der Waals surface area contributed by atoms with Crippen molar-refractivity contribution in [3.63, 3.8) is 0 Å². The van der Waals surface area contributed by atoms with Crippen LogP contribution in [-0.2, 0) is 12.8 Å². The monoisotopic (exact) mass is 274 g/mol. The highest BCUT2D eigenvalue weighted by Crippen LogP contribution is 2.32. The zero-order chi connectivity index (χ0) is 14.1. The molecule has 1 saturated carbocycles. The number of pyridine rings is 1. The number of hydrogen-bond acceptors (Lipinski definition) is 4. The van der Waals surface area contributed by atoms with Crippen LogP contribution >= 0.6 is 0 Å². The fourth-order valence-corrected chi connectivity index (χ4v) is 2.93. The summed E-state index contributed by atoms with van der Waals surface area (Å²) in [6.45, 7) is 0.998. The second-order valence-electron chi connectivity index (χ2n) is 5.98. The summed E-state index contributed by atoms with van der Waals surface area (Å²) in [4.78, 5) is 6.97. The van der Waals surface area contributed by atoms with Crippen molar-refractivity contribution in [2.24, 2.45) is 16.8 Å². The van der Waals surface area contributed by atoms with Gasteiger partial charge in [0.05, 0.1) is 5.56 Å². The predicted octanol–water partition coefficient (Wildman–Crippen LogP) is 1.90. The fourth-order valence-electron chi connectivity index (χ4n) is 2.93. The van der Waals surface area contributed by atoms with Crippen molar-refractivity contribution < 1.29 is 5.21 Å². The second kappa shape index (κ2) is 5.31. The summed E-state index contributed by atoms with van der Waals surface area (Å²) in [5.74, 6) is 1.79. The van der Waals surface area contributed by atoms with E-state index in [1.54, 1.807) is 0 Å². The van der Waals surface area contributed by atoms with E-state index >= 15 is 0 Å². The normalized spacial score (nSPS) is 18.8. The first-order valence-corrected chi connectivity index (χ1v) is 7.41. The average molecular weight is 274 g/mol. The first kappa shape index (κ1) is 13.2. The summed E-state index contributed by atoms with van der Waals surface area (Å²) in [5.41, 5.74) is 9.04. The van der Waals surface area contributed by atoms with Crippen molar-refractivity contribution in [3.8, 4) is 0 Å². The molecule has 1 aromatic heterocycles. The van der Waals surface area contributed by atoms with Crippen LogP contribution in [0.1, 0.15) is 42.5 Å². The van der Waals surface area contributed by atoms with E-state index in [1.807, 2.05) is 7.05 Å². The van der Waals surface area contributed by atoms with Crippen LogP contribution in [0.15, 0.2) is 11.2 Å². The third-order valence-electron chi connectivity index (χ3n) is 4.25. The number of nitrogens with two attached hydrogens (primary N) is 1. The highest BCUT2D eigenvalue weighted by Gasteiger charge is 2.26. The number of nitrogens with zero attached hydrogens (tertiary/aromatic N) is 3. The lowest BCUT2D eigenvalue weighted by atomic mass is 9.94. The Morgan fingerprint density at radius 1 is 1.45 bits per heavy atom. The Bertz CT molecular complexity index is 537. The van der Waals surface area contributed by atoms with E-state index in [4.69, 9.17) is 15.9 Å². The quantitative estimate of drug-likeness (QED) is 0.380. The van der Waals surface area contributed by atoms with Crippen LogP contribution in [-0.4, -0.2) is 29.6 Å². The van der Waals surface area contributed by atoms with Gasteiger partial charge < -0.3 is 15.8 Å². The van der Waals surface area contributed by atoms with Gasteiger partial charge in [0.1, 0.15) is 5.82 Å². The zero-order valence-electron chi connectivity index (χ0n) is 12.0. The molecule has 0 atom stereocenters. The predicted molar refractivity (Wildman–Crippen MR) is 79.4 cm³/mol. The minimum absolute atomic E-state index is 0.156. The maximum atomic E-state index is 9.01. The lowest BCUT2D eigenvalue weighted by Crippen LogP contribution is -2.27. The molecule has 0 spiro atoms. The molecule has 0 aromatic carbocycles. The molecule has 1 heterocycles. The van der Waals surface area contributed by atoms with Gasteiger partial charge in [-0.05, 0) is 56.1 Å². The average Bonchev–Trinajstić information content (AvgIpc) is 3.29. The maximum Gasteiger partial charge on any atom is 0.173 e. The van der Waals surface area contributed by atoms with Crippen LogP contribution in [0.4, 0.5) is 5.82 Å². The van der Waals surface area contributed by atoms with Crippen LogP contribution in [0.3, 0.4) is 0 Å². The first-order valence-electron chi connectivity index (χ1n) is 7.41. The number of fused-ring (bicyclic) bond motifs is 1. The highest BCUT2D eigenvalue weighted by molar-refractivity contribution is 6.01. The van der Waals surface area contributed by atoms with Gasteiger partial charge in [-0.1, -0.05) is 5.16 Å². The molecular formula is C15H22N4O. The highest BCUT2D eigenvalue weighted by atomic mass is 16.4. The molecule has 3 N–H and O–H groups in total. The number of aromatic nitrogens is 1. The molecular weight excluding hydrogens is 252 g/mol. The van der Waals surface area contributed by atoms with Crippen molar-refractivity contribution in [3.05, 3.63) is 22.9 Å². The second-order valence-corrected chi connectivity index (χ2v) is 5.98. The molecule has 0 bridgehead atoms. The van der Waals surface area contributed by atoms with E-state index in [-0.39, 0.29) is 5.84 Å². The van der Waals surface area contributed by atoms with Gasteiger partial charge in [0, 0.05) is 19.3 Å². The fraction of sp³-hybridized carbons (Fsp3) is 0.600. The molecule has 1 fully saturated rings. The molecule has 108 valence electrons. The van der Waals surface area contributed by atoms with E-state index in [0.29, 0.717) is 0 Å². The number of hydrogen-bond donors (Lipinski definition) is 2. The summed E-state index contributed by atoms with van der Waals surface area (Å²) < 4.78 is 0. The Hall–Kier alpha value is -1.78. The first-order chi connectivity index (χ1) is 9.69. The van der Waals surface area contributed by atoms with Gasteiger partial charge in [0.2, 0.25) is 0 Å². The minimum atomic E-state index is 0.156. The molecule has 3 rings (SSSR count). The zero-order valence-corrected chi connectivity index (χ0v) is 12.0. The van der Waals surface area contributed by atoms with Crippen LogP contribution in [0, 0.1) is 5.92 Å². The Labute approximate surface area is 119 Å². The lowest BCUT2D eigenvalue weighted by Gasteiger charge is -2.24. The molecule has 0 aliphatic heterocycles. The summed E-state index contributed by atoms with van der Waals surface area (Å²) in [6.07, 6.45) is 7.08. The molecule has 20 heavy (non-hydrogen) atoms. The molecule has 5 nitrogen and oxygen atoms in total. The third kappa shape index (κ3) is 2.57. The van der Waals surface area contributed by atoms with Crippen molar-refractivity contribution in [2.75, 3.05) is 18.5 Å². The molecule has 0 radical (unpaired) electrons. The van der Waals surface area contributed by atoms with Gasteiger partial charge in [-0.25, -0.2) is 4.98 Å². The summed E-state index contributed by atoms with van der Waals surface area (Å²) >= 11 is 0. The smallest absolute Gasteiger partial charge is 0.173 e. The third-order valence-corrected chi connectivity index (χ3v) is 4.25. The van der Waals surface area contributed by atoms with Gasteiger partial charge in [-0.3, -0.25) is 0 Å². The molecule has 5 heteroatoms. The topological polar surface area (TPSA) is 74.7 Å². The largest absolute Gasteiger partial charge is 0.409 e. The van der Waals surface area contributed by atoms with Gasteiger partial charge in [-0.15, -0.1) is 0 Å². The summed E-state index contributed by atoms with van der Waals surface area (Å²) in [5, 5.41) is 12.2. The number of aryl methyl sites for hydroxylation is 2. The standard InChI is InChI=1S/C15H22N4O/c1-19(9-10-6-7-10)15-12(14(16)18-20)8-11-4-2-3-5-13(11)17-15/h8,10,20H,2-7,9H2,1H3,(H2,16,18). The number of anilines is 1. The van der Waals surface area contributed by atoms with Crippen molar-refractivity contribution in [1.29, 1.82) is 0 Å². The Kier molecular flexibility index (Phi) is 3.51. The van der Waals surface area contributed by atoms with Crippen molar-refractivity contribution in [2.45, 2.75) is 38.5 Å². The van der Waals surface area contributed by atoms with E-state index in [2.05, 4.69) is 16.1 Å². The van der Waals surface area contributed by atoms with Gasteiger partial charge in [0.25, 0.3) is 0 Å². The maximum absolute atomic E-state index is 9.01. The Balaban J connectivity index is 1.99. The van der Waals surface area contributed by atoms with E-state index < -0.39 is 0 Å². The van der Waals surface area contributed by atoms with E-state index in [9.17, 15) is 0 Å².